The van der Waals surface area contributed by atoms with E-state index in [1.165, 1.54) is 11.8 Å². The van der Waals surface area contributed by atoms with Crippen molar-refractivity contribution < 1.29 is 4.79 Å². The van der Waals surface area contributed by atoms with E-state index in [9.17, 15) is 4.79 Å². The lowest BCUT2D eigenvalue weighted by Gasteiger charge is -2.07. The molecule has 5 nitrogen and oxygen atoms in total. The number of carbonyl (C=O) groups is 1. The molecule has 9 heteroatoms. The van der Waals surface area contributed by atoms with E-state index in [1.807, 2.05) is 25.2 Å². The van der Waals surface area contributed by atoms with Crippen LogP contribution >= 0.6 is 46.6 Å². The van der Waals surface area contributed by atoms with Crippen LogP contribution in [-0.2, 0) is 11.8 Å². The Morgan fingerprint density at radius 1 is 1.12 bits per heavy atom. The van der Waals surface area contributed by atoms with Crippen molar-refractivity contribution in [1.29, 1.82) is 0 Å². The second-order valence-corrected chi connectivity index (χ2v) is 7.56. The molecule has 0 saturated carbocycles. The van der Waals surface area contributed by atoms with Crippen molar-refractivity contribution in [2.24, 2.45) is 7.05 Å². The molecule has 3 aromatic rings. The van der Waals surface area contributed by atoms with Crippen molar-refractivity contribution in [1.82, 2.24) is 14.8 Å². The predicted molar refractivity (Wildman–Crippen MR) is 107 cm³/mol. The van der Waals surface area contributed by atoms with Gasteiger partial charge in [0.1, 0.15) is 0 Å². The van der Waals surface area contributed by atoms with Gasteiger partial charge in [-0.25, -0.2) is 0 Å². The number of aromatic nitrogens is 3. The number of nitrogens with zero attached hydrogens (tertiary/aromatic N) is 3. The Labute approximate surface area is 169 Å². The lowest BCUT2D eigenvalue weighted by atomic mass is 10.2. The highest BCUT2D eigenvalue weighted by molar-refractivity contribution is 7.99. The SMILES string of the molecule is Cn1c(SCC(=O)Nc2cc(Cl)cc(Cl)c2)nnc1-c1ccccc1Cl. The third-order valence-corrected chi connectivity index (χ3v) is 5.21. The summed E-state index contributed by atoms with van der Waals surface area (Å²) >= 11 is 19.3. The fourth-order valence-electron chi connectivity index (χ4n) is 2.27. The van der Waals surface area contributed by atoms with Crippen LogP contribution in [0.5, 0.6) is 0 Å². The lowest BCUT2D eigenvalue weighted by Crippen LogP contribution is -2.14. The summed E-state index contributed by atoms with van der Waals surface area (Å²) in [6.45, 7) is 0. The zero-order chi connectivity index (χ0) is 18.7. The molecule has 0 fully saturated rings. The minimum absolute atomic E-state index is 0.165. The molecular formula is C17H13Cl3N4OS. The van der Waals surface area contributed by atoms with Gasteiger partial charge in [0.2, 0.25) is 5.91 Å². The Morgan fingerprint density at radius 3 is 2.50 bits per heavy atom. The maximum atomic E-state index is 12.2. The number of hydrogen-bond donors (Lipinski definition) is 1. The Hall–Kier alpha value is -1.73. The van der Waals surface area contributed by atoms with Gasteiger partial charge in [-0.1, -0.05) is 58.7 Å². The number of nitrogens with one attached hydrogen (secondary N) is 1. The van der Waals surface area contributed by atoms with Gasteiger partial charge in [-0.15, -0.1) is 10.2 Å². The summed E-state index contributed by atoms with van der Waals surface area (Å²) in [7, 11) is 1.83. The van der Waals surface area contributed by atoms with Crippen LogP contribution in [-0.4, -0.2) is 26.4 Å². The number of rotatable bonds is 5. The van der Waals surface area contributed by atoms with Crippen LogP contribution < -0.4 is 5.32 Å². The first-order valence-electron chi connectivity index (χ1n) is 7.47. The molecule has 134 valence electrons. The van der Waals surface area contributed by atoms with Gasteiger partial charge in [0.25, 0.3) is 0 Å². The standard InChI is InChI=1S/C17H13Cl3N4OS/c1-24-16(13-4-2-3-5-14(13)20)22-23-17(24)26-9-15(25)21-12-7-10(18)6-11(19)8-12/h2-8H,9H2,1H3,(H,21,25). The number of anilines is 1. The zero-order valence-corrected chi connectivity index (χ0v) is 16.6. The summed E-state index contributed by atoms with van der Waals surface area (Å²) in [4.78, 5) is 12.2. The molecule has 0 atom stereocenters. The molecule has 0 radical (unpaired) electrons. The average Bonchev–Trinajstić information content (AvgIpc) is 2.93. The lowest BCUT2D eigenvalue weighted by molar-refractivity contribution is -0.113. The van der Waals surface area contributed by atoms with Gasteiger partial charge < -0.3 is 9.88 Å². The highest BCUT2D eigenvalue weighted by atomic mass is 35.5. The van der Waals surface area contributed by atoms with E-state index in [0.717, 1.165) is 5.56 Å². The van der Waals surface area contributed by atoms with Crippen LogP contribution in [0.25, 0.3) is 11.4 Å². The molecule has 1 aromatic heterocycles. The predicted octanol–water partition coefficient (Wildman–Crippen LogP) is 5.17. The van der Waals surface area contributed by atoms with Gasteiger partial charge in [0.05, 0.1) is 10.8 Å². The van der Waals surface area contributed by atoms with E-state index in [0.29, 0.717) is 31.7 Å². The van der Waals surface area contributed by atoms with Crippen molar-refractivity contribution in [3.05, 3.63) is 57.5 Å². The van der Waals surface area contributed by atoms with E-state index in [1.54, 1.807) is 28.8 Å². The van der Waals surface area contributed by atoms with Gasteiger partial charge in [0.15, 0.2) is 11.0 Å². The normalized spacial score (nSPS) is 10.8. The molecule has 0 bridgehead atoms. The van der Waals surface area contributed by atoms with Crippen LogP contribution in [0.2, 0.25) is 15.1 Å². The summed E-state index contributed by atoms with van der Waals surface area (Å²) in [5, 5.41) is 13.2. The first-order chi connectivity index (χ1) is 12.4. The molecule has 0 aliphatic rings. The topological polar surface area (TPSA) is 59.8 Å². The number of thioether (sulfide) groups is 1. The largest absolute Gasteiger partial charge is 0.325 e. The van der Waals surface area contributed by atoms with E-state index < -0.39 is 0 Å². The van der Waals surface area contributed by atoms with E-state index in [-0.39, 0.29) is 11.7 Å². The molecule has 3 rings (SSSR count). The molecule has 0 aliphatic carbocycles. The molecule has 26 heavy (non-hydrogen) atoms. The summed E-state index contributed by atoms with van der Waals surface area (Å²) in [5.74, 6) is 0.606. The van der Waals surface area contributed by atoms with Crippen molar-refractivity contribution >= 4 is 58.2 Å². The van der Waals surface area contributed by atoms with E-state index in [4.69, 9.17) is 34.8 Å². The van der Waals surface area contributed by atoms with E-state index in [2.05, 4.69) is 15.5 Å². The van der Waals surface area contributed by atoms with Crippen LogP contribution in [0, 0.1) is 0 Å². The Kier molecular flexibility index (Phi) is 6.09. The van der Waals surface area contributed by atoms with Crippen LogP contribution in [0.1, 0.15) is 0 Å². The maximum absolute atomic E-state index is 12.2. The minimum Gasteiger partial charge on any atom is -0.325 e. The number of halogens is 3. The van der Waals surface area contributed by atoms with Gasteiger partial charge >= 0.3 is 0 Å². The van der Waals surface area contributed by atoms with Gasteiger partial charge in [-0.05, 0) is 30.3 Å². The molecule has 0 unspecified atom stereocenters. The number of benzene rings is 2. The summed E-state index contributed by atoms with van der Waals surface area (Å²) in [6, 6.07) is 12.3. The molecule has 0 spiro atoms. The summed E-state index contributed by atoms with van der Waals surface area (Å²) in [6.07, 6.45) is 0. The van der Waals surface area contributed by atoms with Crippen molar-refractivity contribution in [3.63, 3.8) is 0 Å². The number of carbonyl (C=O) groups excluding carboxylic acids is 1. The van der Waals surface area contributed by atoms with Gasteiger partial charge in [-0.2, -0.15) is 0 Å². The quantitative estimate of drug-likeness (QED) is 0.570. The molecule has 1 N–H and O–H groups in total. The van der Waals surface area contributed by atoms with Crippen LogP contribution in [0.3, 0.4) is 0 Å². The Balaban J connectivity index is 1.67. The zero-order valence-electron chi connectivity index (χ0n) is 13.5. The number of hydrogen-bond acceptors (Lipinski definition) is 4. The second-order valence-electron chi connectivity index (χ2n) is 5.34. The molecule has 0 saturated heterocycles. The van der Waals surface area contributed by atoms with Crippen molar-refractivity contribution in [2.75, 3.05) is 11.1 Å². The second kappa shape index (κ2) is 8.31. The molecule has 1 amide bonds. The monoisotopic (exact) mass is 426 g/mol. The first-order valence-corrected chi connectivity index (χ1v) is 9.59. The average molecular weight is 428 g/mol. The third-order valence-electron chi connectivity index (χ3n) is 3.43. The Bertz CT molecular complexity index is 941. The molecule has 1 heterocycles. The van der Waals surface area contributed by atoms with E-state index >= 15 is 0 Å². The van der Waals surface area contributed by atoms with Crippen LogP contribution in [0.4, 0.5) is 5.69 Å². The summed E-state index contributed by atoms with van der Waals surface area (Å²) in [5.41, 5.74) is 1.33. The van der Waals surface area contributed by atoms with Gasteiger partial charge in [-0.3, -0.25) is 4.79 Å². The van der Waals surface area contributed by atoms with Crippen molar-refractivity contribution in [2.45, 2.75) is 5.16 Å². The molecular weight excluding hydrogens is 415 g/mol. The highest BCUT2D eigenvalue weighted by Crippen LogP contribution is 2.28. The third kappa shape index (κ3) is 4.51. The fraction of sp³-hybridized carbons (Fsp3) is 0.118. The smallest absolute Gasteiger partial charge is 0.234 e. The molecule has 2 aromatic carbocycles. The first kappa shape index (κ1) is 19.0. The minimum atomic E-state index is -0.198. The molecule has 0 aliphatic heterocycles. The number of amides is 1. The van der Waals surface area contributed by atoms with Crippen LogP contribution in [0.15, 0.2) is 47.6 Å². The van der Waals surface area contributed by atoms with Gasteiger partial charge in [0, 0.05) is 28.3 Å². The highest BCUT2D eigenvalue weighted by Gasteiger charge is 2.15. The Morgan fingerprint density at radius 2 is 1.81 bits per heavy atom. The maximum Gasteiger partial charge on any atom is 0.234 e. The fourth-order valence-corrected chi connectivity index (χ4v) is 3.73. The summed E-state index contributed by atoms with van der Waals surface area (Å²) < 4.78 is 1.80. The van der Waals surface area contributed by atoms with Crippen molar-refractivity contribution in [3.8, 4) is 11.4 Å².